The van der Waals surface area contributed by atoms with Gasteiger partial charge in [-0.3, -0.25) is 4.79 Å². The molecule has 0 unspecified atom stereocenters. The van der Waals surface area contributed by atoms with Crippen LogP contribution >= 0.6 is 0 Å². The third-order valence-corrected chi connectivity index (χ3v) is 4.83. The summed E-state index contributed by atoms with van der Waals surface area (Å²) in [4.78, 5) is 24.3. The Morgan fingerprint density at radius 2 is 2.22 bits per heavy atom. The van der Waals surface area contributed by atoms with Crippen LogP contribution in [-0.2, 0) is 16.0 Å². The van der Waals surface area contributed by atoms with Gasteiger partial charge in [0.15, 0.2) is 0 Å². The van der Waals surface area contributed by atoms with Gasteiger partial charge in [-0.15, -0.1) is 0 Å². The number of nitrogens with one attached hydrogen (secondary N) is 2. The number of ether oxygens (including phenoxy) is 2. The second kappa shape index (κ2) is 7.75. The summed E-state index contributed by atoms with van der Waals surface area (Å²) in [6, 6.07) is 6.03. The lowest BCUT2D eigenvalue weighted by Crippen LogP contribution is -2.39. The molecule has 0 radical (unpaired) electrons. The van der Waals surface area contributed by atoms with Gasteiger partial charge < -0.3 is 19.8 Å². The van der Waals surface area contributed by atoms with Crippen molar-refractivity contribution in [3.05, 3.63) is 42.4 Å². The summed E-state index contributed by atoms with van der Waals surface area (Å²) in [5.41, 5.74) is 3.45. The van der Waals surface area contributed by atoms with Gasteiger partial charge in [0.05, 0.1) is 13.5 Å². The molecule has 3 aromatic heterocycles. The minimum absolute atomic E-state index is 0.0205. The molecule has 4 heterocycles. The molecule has 1 aliphatic rings. The second-order valence-corrected chi connectivity index (χ2v) is 6.63. The van der Waals surface area contributed by atoms with E-state index in [1.807, 2.05) is 24.4 Å². The van der Waals surface area contributed by atoms with Gasteiger partial charge in [0.1, 0.15) is 5.65 Å². The summed E-state index contributed by atoms with van der Waals surface area (Å²) in [6.45, 7) is 1.41. The number of carbonyl (C=O) groups excluding carboxylic acids is 1. The smallest absolute Gasteiger partial charge is 0.224 e. The lowest BCUT2D eigenvalue weighted by molar-refractivity contribution is -0.121. The Balaban J connectivity index is 1.57. The highest BCUT2D eigenvalue weighted by Crippen LogP contribution is 2.30. The minimum Gasteiger partial charge on any atom is -0.481 e. The monoisotopic (exact) mass is 366 g/mol. The largest absolute Gasteiger partial charge is 0.481 e. The zero-order chi connectivity index (χ0) is 18.6. The molecule has 7 heteroatoms. The first-order chi connectivity index (χ1) is 13.2. The number of hydrogen-bond donors (Lipinski definition) is 2. The van der Waals surface area contributed by atoms with Gasteiger partial charge in [-0.25, -0.2) is 9.97 Å². The summed E-state index contributed by atoms with van der Waals surface area (Å²) >= 11 is 0. The summed E-state index contributed by atoms with van der Waals surface area (Å²) in [5.74, 6) is 0.570. The second-order valence-electron chi connectivity index (χ2n) is 6.63. The van der Waals surface area contributed by atoms with Crippen LogP contribution in [0, 0.1) is 0 Å². The molecule has 2 N–H and O–H groups in total. The quantitative estimate of drug-likeness (QED) is 0.724. The van der Waals surface area contributed by atoms with Crippen LogP contribution in [-0.4, -0.2) is 47.2 Å². The maximum absolute atomic E-state index is 12.5. The number of methoxy groups -OCH3 is 1. The van der Waals surface area contributed by atoms with Crippen molar-refractivity contribution in [3.8, 4) is 17.0 Å². The predicted octanol–water partition coefficient (Wildman–Crippen LogP) is 2.47. The number of carbonyl (C=O) groups is 1. The number of fused-ring (bicyclic) bond motifs is 1. The van der Waals surface area contributed by atoms with E-state index in [1.54, 1.807) is 19.5 Å². The van der Waals surface area contributed by atoms with Gasteiger partial charge in [0, 0.05) is 54.4 Å². The number of H-pyrrole nitrogens is 1. The first-order valence-corrected chi connectivity index (χ1v) is 9.07. The average Bonchev–Trinajstić information content (AvgIpc) is 3.10. The summed E-state index contributed by atoms with van der Waals surface area (Å²) < 4.78 is 10.7. The van der Waals surface area contributed by atoms with E-state index in [-0.39, 0.29) is 11.9 Å². The molecular weight excluding hydrogens is 344 g/mol. The topological polar surface area (TPSA) is 89.1 Å². The van der Waals surface area contributed by atoms with E-state index < -0.39 is 0 Å². The van der Waals surface area contributed by atoms with Crippen LogP contribution in [0.25, 0.3) is 22.2 Å². The van der Waals surface area contributed by atoms with Crippen molar-refractivity contribution in [2.45, 2.75) is 25.3 Å². The van der Waals surface area contributed by atoms with E-state index in [0.29, 0.717) is 25.5 Å². The molecule has 0 aliphatic carbocycles. The SMILES string of the molecule is COc1ncccc1-c1cnc2[nH]cc(CC(=O)NC3CCOCC3)c2c1. The van der Waals surface area contributed by atoms with Crippen LogP contribution in [0.4, 0.5) is 0 Å². The van der Waals surface area contributed by atoms with Crippen LogP contribution in [0.2, 0.25) is 0 Å². The van der Waals surface area contributed by atoms with Crippen molar-refractivity contribution < 1.29 is 14.3 Å². The molecule has 0 bridgehead atoms. The molecule has 1 aliphatic heterocycles. The van der Waals surface area contributed by atoms with E-state index in [4.69, 9.17) is 9.47 Å². The van der Waals surface area contributed by atoms with Gasteiger partial charge >= 0.3 is 0 Å². The van der Waals surface area contributed by atoms with Crippen molar-refractivity contribution in [3.63, 3.8) is 0 Å². The Hall–Kier alpha value is -2.93. The molecule has 0 aromatic carbocycles. The van der Waals surface area contributed by atoms with Crippen molar-refractivity contribution in [2.75, 3.05) is 20.3 Å². The van der Waals surface area contributed by atoms with E-state index in [0.717, 1.165) is 40.6 Å². The molecule has 1 amide bonds. The Kier molecular flexibility index (Phi) is 5.02. The number of aromatic amines is 1. The molecule has 7 nitrogen and oxygen atoms in total. The highest BCUT2D eigenvalue weighted by molar-refractivity contribution is 5.90. The first-order valence-electron chi connectivity index (χ1n) is 9.07. The maximum atomic E-state index is 12.5. The standard InChI is InChI=1S/C20H22N4O3/c1-26-20-16(3-2-6-21-20)13-9-17-14(12-23-19(17)22-11-13)10-18(25)24-15-4-7-27-8-5-15/h2-3,6,9,11-12,15H,4-5,7-8,10H2,1H3,(H,22,23)(H,24,25). The van der Waals surface area contributed by atoms with Crippen molar-refractivity contribution in [2.24, 2.45) is 0 Å². The average molecular weight is 366 g/mol. The normalized spacial score (nSPS) is 15.0. The maximum Gasteiger partial charge on any atom is 0.224 e. The zero-order valence-electron chi connectivity index (χ0n) is 15.2. The molecule has 4 rings (SSSR count). The Morgan fingerprint density at radius 3 is 3.04 bits per heavy atom. The van der Waals surface area contributed by atoms with E-state index in [9.17, 15) is 4.79 Å². The lowest BCUT2D eigenvalue weighted by Gasteiger charge is -2.23. The Morgan fingerprint density at radius 1 is 1.37 bits per heavy atom. The third-order valence-electron chi connectivity index (χ3n) is 4.83. The van der Waals surface area contributed by atoms with Gasteiger partial charge in [-0.1, -0.05) is 0 Å². The number of pyridine rings is 2. The van der Waals surface area contributed by atoms with Gasteiger partial charge in [-0.05, 0) is 36.6 Å². The van der Waals surface area contributed by atoms with Gasteiger partial charge in [0.25, 0.3) is 0 Å². The number of aromatic nitrogens is 3. The predicted molar refractivity (Wildman–Crippen MR) is 102 cm³/mol. The van der Waals surface area contributed by atoms with Crippen LogP contribution in [0.3, 0.4) is 0 Å². The number of nitrogens with zero attached hydrogens (tertiary/aromatic N) is 2. The van der Waals surface area contributed by atoms with Crippen LogP contribution < -0.4 is 10.1 Å². The highest BCUT2D eigenvalue weighted by Gasteiger charge is 2.18. The van der Waals surface area contributed by atoms with Gasteiger partial charge in [0.2, 0.25) is 11.8 Å². The number of amides is 1. The molecule has 0 atom stereocenters. The van der Waals surface area contributed by atoms with Crippen LogP contribution in [0.1, 0.15) is 18.4 Å². The van der Waals surface area contributed by atoms with Crippen molar-refractivity contribution in [1.29, 1.82) is 0 Å². The Labute approximate surface area is 157 Å². The molecule has 0 spiro atoms. The van der Waals surface area contributed by atoms with E-state index in [1.165, 1.54) is 0 Å². The fourth-order valence-electron chi connectivity index (χ4n) is 3.42. The summed E-state index contributed by atoms with van der Waals surface area (Å²) in [7, 11) is 1.60. The van der Waals surface area contributed by atoms with Crippen molar-refractivity contribution >= 4 is 16.9 Å². The molecule has 140 valence electrons. The fourth-order valence-corrected chi connectivity index (χ4v) is 3.42. The minimum atomic E-state index is 0.0205. The van der Waals surface area contributed by atoms with E-state index >= 15 is 0 Å². The van der Waals surface area contributed by atoms with Crippen LogP contribution in [0.15, 0.2) is 36.8 Å². The molecule has 0 saturated carbocycles. The third kappa shape index (κ3) is 3.78. The first kappa shape index (κ1) is 17.5. The molecular formula is C20H22N4O3. The molecule has 1 fully saturated rings. The lowest BCUT2D eigenvalue weighted by atomic mass is 10.0. The number of hydrogen-bond acceptors (Lipinski definition) is 5. The van der Waals surface area contributed by atoms with E-state index in [2.05, 4.69) is 20.3 Å². The highest BCUT2D eigenvalue weighted by atomic mass is 16.5. The molecule has 27 heavy (non-hydrogen) atoms. The molecule has 1 saturated heterocycles. The Bertz CT molecular complexity index is 947. The van der Waals surface area contributed by atoms with Gasteiger partial charge in [-0.2, -0.15) is 0 Å². The summed E-state index contributed by atoms with van der Waals surface area (Å²) in [6.07, 6.45) is 7.37. The fraction of sp³-hybridized carbons (Fsp3) is 0.350. The zero-order valence-corrected chi connectivity index (χ0v) is 15.2. The van der Waals surface area contributed by atoms with Crippen molar-refractivity contribution in [1.82, 2.24) is 20.3 Å². The number of rotatable bonds is 5. The molecule has 3 aromatic rings. The van der Waals surface area contributed by atoms with Crippen LogP contribution in [0.5, 0.6) is 5.88 Å². The summed E-state index contributed by atoms with van der Waals surface area (Å²) in [5, 5.41) is 4.03.